The molecular formula is C23H30N2O2. The van der Waals surface area contributed by atoms with Crippen LogP contribution in [-0.4, -0.2) is 37.1 Å². The fourth-order valence-corrected chi connectivity index (χ4v) is 3.64. The second-order valence-corrected chi connectivity index (χ2v) is 7.38. The molecular weight excluding hydrogens is 336 g/mol. The molecule has 1 fully saturated rings. The monoisotopic (exact) mass is 366 g/mol. The Morgan fingerprint density at radius 3 is 2.44 bits per heavy atom. The zero-order chi connectivity index (χ0) is 19.2. The number of benzene rings is 2. The minimum Gasteiger partial charge on any atom is -0.379 e. The number of carbonyl (C=O) groups is 1. The van der Waals surface area contributed by atoms with Gasteiger partial charge < -0.3 is 10.1 Å². The highest BCUT2D eigenvalue weighted by atomic mass is 16.5. The Morgan fingerprint density at radius 2 is 1.81 bits per heavy atom. The van der Waals surface area contributed by atoms with Crippen molar-refractivity contribution in [3.05, 3.63) is 70.3 Å². The Kier molecular flexibility index (Phi) is 6.64. The van der Waals surface area contributed by atoms with Gasteiger partial charge in [-0.1, -0.05) is 42.8 Å². The van der Waals surface area contributed by atoms with Crippen molar-refractivity contribution >= 4 is 5.91 Å². The summed E-state index contributed by atoms with van der Waals surface area (Å²) in [4.78, 5) is 15.1. The fourth-order valence-electron chi connectivity index (χ4n) is 3.64. The van der Waals surface area contributed by atoms with Crippen molar-refractivity contribution in [2.45, 2.75) is 39.8 Å². The van der Waals surface area contributed by atoms with Crippen molar-refractivity contribution in [1.29, 1.82) is 0 Å². The van der Waals surface area contributed by atoms with E-state index < -0.39 is 0 Å². The van der Waals surface area contributed by atoms with Gasteiger partial charge in [-0.05, 0) is 49.1 Å². The predicted octanol–water partition coefficient (Wildman–Crippen LogP) is 4.02. The largest absolute Gasteiger partial charge is 0.379 e. The Morgan fingerprint density at radius 1 is 1.11 bits per heavy atom. The third kappa shape index (κ3) is 5.18. The average molecular weight is 367 g/mol. The average Bonchev–Trinajstić information content (AvgIpc) is 2.68. The smallest absolute Gasteiger partial charge is 0.251 e. The predicted molar refractivity (Wildman–Crippen MR) is 109 cm³/mol. The summed E-state index contributed by atoms with van der Waals surface area (Å²) < 4.78 is 5.39. The van der Waals surface area contributed by atoms with Crippen LogP contribution in [0.3, 0.4) is 0 Å². The van der Waals surface area contributed by atoms with E-state index >= 15 is 0 Å². The van der Waals surface area contributed by atoms with Gasteiger partial charge in [0, 0.05) is 25.2 Å². The number of ether oxygens (including phenoxy) is 1. The normalized spacial score (nSPS) is 16.1. The SMILES string of the molecule is CC[C@@H](NC(=O)c1ccc(CN2CCOCC2)cc1)c1ccc(C)cc1C. The van der Waals surface area contributed by atoms with Gasteiger partial charge >= 0.3 is 0 Å². The first-order valence-corrected chi connectivity index (χ1v) is 9.84. The van der Waals surface area contributed by atoms with Gasteiger partial charge in [0.2, 0.25) is 0 Å². The lowest BCUT2D eigenvalue weighted by molar-refractivity contribution is 0.0342. The summed E-state index contributed by atoms with van der Waals surface area (Å²) in [7, 11) is 0. The number of rotatable bonds is 6. The molecule has 4 heteroatoms. The molecule has 1 aliphatic heterocycles. The molecule has 0 aromatic heterocycles. The Bertz CT molecular complexity index is 764. The summed E-state index contributed by atoms with van der Waals surface area (Å²) in [6.45, 7) is 10.8. The van der Waals surface area contributed by atoms with E-state index in [1.807, 2.05) is 12.1 Å². The van der Waals surface area contributed by atoms with Gasteiger partial charge in [-0.2, -0.15) is 0 Å². The van der Waals surface area contributed by atoms with E-state index in [0.717, 1.165) is 39.3 Å². The van der Waals surface area contributed by atoms with Crippen LogP contribution in [0.2, 0.25) is 0 Å². The summed E-state index contributed by atoms with van der Waals surface area (Å²) >= 11 is 0. The topological polar surface area (TPSA) is 41.6 Å². The fraction of sp³-hybridized carbons (Fsp3) is 0.435. The standard InChI is InChI=1S/C23H30N2O2/c1-4-22(21-10-5-17(2)15-18(21)3)24-23(26)20-8-6-19(7-9-20)16-25-11-13-27-14-12-25/h5-10,15,22H,4,11-14,16H2,1-3H3,(H,24,26)/t22-/m1/s1. The highest BCUT2D eigenvalue weighted by molar-refractivity contribution is 5.94. The van der Waals surface area contributed by atoms with Crippen LogP contribution >= 0.6 is 0 Å². The number of carbonyl (C=O) groups excluding carboxylic acids is 1. The number of amides is 1. The lowest BCUT2D eigenvalue weighted by atomic mass is 9.97. The molecule has 1 amide bonds. The molecule has 1 saturated heterocycles. The third-order valence-corrected chi connectivity index (χ3v) is 5.24. The molecule has 1 heterocycles. The van der Waals surface area contributed by atoms with Crippen LogP contribution in [0.1, 0.15) is 52.0 Å². The maximum atomic E-state index is 12.7. The van der Waals surface area contributed by atoms with Crippen LogP contribution in [0.15, 0.2) is 42.5 Å². The molecule has 0 spiro atoms. The zero-order valence-corrected chi connectivity index (χ0v) is 16.6. The van der Waals surface area contributed by atoms with Gasteiger partial charge in [0.05, 0.1) is 19.3 Å². The Labute approximate surface area is 162 Å². The first-order valence-electron chi connectivity index (χ1n) is 9.84. The second-order valence-electron chi connectivity index (χ2n) is 7.38. The molecule has 0 aliphatic carbocycles. The first-order chi connectivity index (χ1) is 13.1. The van der Waals surface area contributed by atoms with Crippen LogP contribution in [0.4, 0.5) is 0 Å². The molecule has 2 aromatic rings. The Balaban J connectivity index is 1.64. The maximum absolute atomic E-state index is 12.7. The van der Waals surface area contributed by atoms with Gasteiger partial charge in [0.15, 0.2) is 0 Å². The zero-order valence-electron chi connectivity index (χ0n) is 16.6. The molecule has 2 aromatic carbocycles. The molecule has 0 saturated carbocycles. The van der Waals surface area contributed by atoms with Gasteiger partial charge in [0.1, 0.15) is 0 Å². The summed E-state index contributed by atoms with van der Waals surface area (Å²) in [5, 5.41) is 3.19. The molecule has 0 bridgehead atoms. The van der Waals surface area contributed by atoms with Crippen LogP contribution in [-0.2, 0) is 11.3 Å². The summed E-state index contributed by atoms with van der Waals surface area (Å²) in [6.07, 6.45) is 0.866. The number of aryl methyl sites for hydroxylation is 2. The van der Waals surface area contributed by atoms with E-state index in [0.29, 0.717) is 5.56 Å². The third-order valence-electron chi connectivity index (χ3n) is 5.24. The molecule has 27 heavy (non-hydrogen) atoms. The number of morpholine rings is 1. The summed E-state index contributed by atoms with van der Waals surface area (Å²) in [5.41, 5.74) is 5.61. The van der Waals surface area contributed by atoms with Gasteiger partial charge in [-0.3, -0.25) is 9.69 Å². The highest BCUT2D eigenvalue weighted by Crippen LogP contribution is 2.22. The van der Waals surface area contributed by atoms with Gasteiger partial charge in [0.25, 0.3) is 5.91 Å². The Hall–Kier alpha value is -2.17. The second kappa shape index (κ2) is 9.16. The number of nitrogens with one attached hydrogen (secondary N) is 1. The highest BCUT2D eigenvalue weighted by Gasteiger charge is 2.16. The molecule has 1 N–H and O–H groups in total. The van der Waals surface area contributed by atoms with E-state index in [-0.39, 0.29) is 11.9 Å². The van der Waals surface area contributed by atoms with Crippen molar-refractivity contribution in [2.75, 3.05) is 26.3 Å². The van der Waals surface area contributed by atoms with Crippen LogP contribution in [0, 0.1) is 13.8 Å². The lowest BCUT2D eigenvalue weighted by Gasteiger charge is -2.26. The van der Waals surface area contributed by atoms with E-state index in [9.17, 15) is 4.79 Å². The van der Waals surface area contributed by atoms with E-state index in [4.69, 9.17) is 4.74 Å². The first kappa shape index (κ1) is 19.6. The number of hydrogen-bond acceptors (Lipinski definition) is 3. The van der Waals surface area contributed by atoms with Crippen molar-refractivity contribution in [2.24, 2.45) is 0 Å². The van der Waals surface area contributed by atoms with Gasteiger partial charge in [-0.25, -0.2) is 0 Å². The minimum atomic E-state index is -0.0141. The lowest BCUT2D eigenvalue weighted by Crippen LogP contribution is -2.35. The summed E-state index contributed by atoms with van der Waals surface area (Å²) in [6, 6.07) is 14.4. The molecule has 144 valence electrons. The van der Waals surface area contributed by atoms with Crippen LogP contribution < -0.4 is 5.32 Å². The number of hydrogen-bond donors (Lipinski definition) is 1. The van der Waals surface area contributed by atoms with E-state index in [1.165, 1.54) is 22.3 Å². The molecule has 1 atom stereocenters. The number of nitrogens with zero attached hydrogens (tertiary/aromatic N) is 1. The molecule has 1 aliphatic rings. The van der Waals surface area contributed by atoms with Gasteiger partial charge in [-0.15, -0.1) is 0 Å². The quantitative estimate of drug-likeness (QED) is 0.840. The van der Waals surface area contributed by atoms with Crippen LogP contribution in [0.25, 0.3) is 0 Å². The molecule has 0 radical (unpaired) electrons. The van der Waals surface area contributed by atoms with Crippen molar-refractivity contribution in [3.63, 3.8) is 0 Å². The van der Waals surface area contributed by atoms with E-state index in [2.05, 4.69) is 61.3 Å². The molecule has 4 nitrogen and oxygen atoms in total. The van der Waals surface area contributed by atoms with E-state index in [1.54, 1.807) is 0 Å². The molecule has 0 unspecified atom stereocenters. The van der Waals surface area contributed by atoms with Crippen LogP contribution in [0.5, 0.6) is 0 Å². The minimum absolute atomic E-state index is 0.0141. The summed E-state index contributed by atoms with van der Waals surface area (Å²) in [5.74, 6) is -0.0141. The van der Waals surface area contributed by atoms with Crippen molar-refractivity contribution in [1.82, 2.24) is 10.2 Å². The van der Waals surface area contributed by atoms with Crippen molar-refractivity contribution in [3.8, 4) is 0 Å². The molecule has 3 rings (SSSR count). The maximum Gasteiger partial charge on any atom is 0.251 e. The van der Waals surface area contributed by atoms with Crippen molar-refractivity contribution < 1.29 is 9.53 Å².